The van der Waals surface area contributed by atoms with Crippen molar-refractivity contribution in [1.82, 2.24) is 0 Å². The van der Waals surface area contributed by atoms with Crippen LogP contribution in [0.4, 0.5) is 0 Å². The van der Waals surface area contributed by atoms with E-state index in [1.54, 1.807) is 41.5 Å². The first-order valence-electron chi connectivity index (χ1n) is 10.9. The Morgan fingerprint density at radius 3 is 1.09 bits per heavy atom. The number of carboxylic acid groups (broad SMARTS) is 4. The number of ether oxygens (including phenoxy) is 2. The van der Waals surface area contributed by atoms with Crippen molar-refractivity contribution in [2.45, 2.75) is 116 Å². The van der Waals surface area contributed by atoms with E-state index in [9.17, 15) is 39.6 Å². The van der Waals surface area contributed by atoms with E-state index < -0.39 is 35.1 Å². The van der Waals surface area contributed by atoms with E-state index in [0.717, 1.165) is 0 Å². The van der Waals surface area contributed by atoms with Crippen molar-refractivity contribution in [2.24, 2.45) is 0 Å². The largest absolute Gasteiger partial charge is 4.00 e. The van der Waals surface area contributed by atoms with Gasteiger partial charge in [-0.1, -0.05) is 13.8 Å². The van der Waals surface area contributed by atoms with Crippen LogP contribution in [0.5, 0.6) is 0 Å². The predicted octanol–water partition coefficient (Wildman–Crippen LogP) is -1.54. The van der Waals surface area contributed by atoms with Gasteiger partial charge in [0.05, 0.1) is 24.1 Å². The maximum atomic E-state index is 11.1. The Hall–Kier alpha value is -1.49. The summed E-state index contributed by atoms with van der Waals surface area (Å²) < 4.78 is 10.7. The summed E-state index contributed by atoms with van der Waals surface area (Å²) in [5.41, 5.74) is -2.77. The molecule has 188 valence electrons. The van der Waals surface area contributed by atoms with Gasteiger partial charge in [-0.05, 0) is 79.1 Å². The third-order valence-electron chi connectivity index (χ3n) is 4.73. The van der Waals surface area contributed by atoms with Crippen molar-refractivity contribution in [3.05, 3.63) is 0 Å². The maximum Gasteiger partial charge on any atom is 4.00 e. The molecular formula is C22H36O10Ti. The molecule has 0 radical (unpaired) electrons. The van der Waals surface area contributed by atoms with E-state index >= 15 is 0 Å². The number of hydrogen-bond acceptors (Lipinski definition) is 10. The van der Waals surface area contributed by atoms with Gasteiger partial charge in [-0.25, -0.2) is 0 Å². The minimum Gasteiger partial charge on any atom is -0.550 e. The minimum atomic E-state index is -1.39. The van der Waals surface area contributed by atoms with Crippen molar-refractivity contribution < 1.29 is 70.8 Å². The molecule has 0 bridgehead atoms. The standard InChI is InChI=1S/2C11H20O5.Ti/c2*1-4-11(10(14)15,16-8(2)3)7-5-6-9(12)13;/h2*8H,4-7H2,1-3H3,(H,12,13)(H,14,15);/q;;+4/p-4. The molecule has 2 unspecified atom stereocenters. The molecule has 0 amide bonds. The summed E-state index contributed by atoms with van der Waals surface area (Å²) in [4.78, 5) is 42.6. The molecule has 0 fully saturated rings. The second kappa shape index (κ2) is 17.9. The van der Waals surface area contributed by atoms with Crippen LogP contribution in [0.25, 0.3) is 0 Å². The van der Waals surface area contributed by atoms with E-state index in [0.29, 0.717) is 0 Å². The van der Waals surface area contributed by atoms with Crippen LogP contribution in [0, 0.1) is 0 Å². The molecule has 2 atom stereocenters. The molecule has 0 aliphatic rings. The Labute approximate surface area is 210 Å². The van der Waals surface area contributed by atoms with Crippen molar-refractivity contribution in [3.8, 4) is 0 Å². The average Bonchev–Trinajstić information content (AvgIpc) is 2.65. The van der Waals surface area contributed by atoms with Gasteiger partial charge in [0.25, 0.3) is 0 Å². The number of rotatable bonds is 16. The molecular weight excluding hydrogens is 472 g/mol. The quantitative estimate of drug-likeness (QED) is 0.222. The summed E-state index contributed by atoms with van der Waals surface area (Å²) in [7, 11) is 0. The smallest absolute Gasteiger partial charge is 0.550 e. The molecule has 0 saturated heterocycles. The van der Waals surface area contributed by atoms with Crippen LogP contribution in [0.2, 0.25) is 0 Å². The number of carboxylic acids is 4. The van der Waals surface area contributed by atoms with Crippen molar-refractivity contribution in [1.29, 1.82) is 0 Å². The van der Waals surface area contributed by atoms with E-state index in [-0.39, 0.29) is 85.3 Å². The zero-order valence-corrected chi connectivity index (χ0v) is 22.0. The van der Waals surface area contributed by atoms with Crippen LogP contribution >= 0.6 is 0 Å². The fourth-order valence-electron chi connectivity index (χ4n) is 3.17. The topological polar surface area (TPSA) is 179 Å². The average molecular weight is 508 g/mol. The fraction of sp³-hybridized carbons (Fsp3) is 0.818. The number of carbonyl (C=O) groups is 4. The molecule has 0 saturated carbocycles. The van der Waals surface area contributed by atoms with Gasteiger partial charge in [-0.3, -0.25) is 0 Å². The second-order valence-corrected chi connectivity index (χ2v) is 8.05. The van der Waals surface area contributed by atoms with Gasteiger partial charge in [0.15, 0.2) is 0 Å². The predicted molar refractivity (Wildman–Crippen MR) is 106 cm³/mol. The van der Waals surface area contributed by atoms with Crippen molar-refractivity contribution >= 4 is 23.9 Å². The molecule has 0 aliphatic carbocycles. The molecule has 0 spiro atoms. The van der Waals surface area contributed by atoms with Crippen LogP contribution in [0.15, 0.2) is 0 Å². The Kier molecular flexibility index (Phi) is 19.6. The van der Waals surface area contributed by atoms with E-state index in [2.05, 4.69) is 0 Å². The molecule has 10 nitrogen and oxygen atoms in total. The first-order valence-corrected chi connectivity index (χ1v) is 10.9. The van der Waals surface area contributed by atoms with E-state index in [1.807, 2.05) is 0 Å². The summed E-state index contributed by atoms with van der Waals surface area (Å²) >= 11 is 0. The summed E-state index contributed by atoms with van der Waals surface area (Å²) in [6.07, 6.45) is 0.319. The summed E-state index contributed by atoms with van der Waals surface area (Å²) in [5, 5.41) is 42.6. The molecule has 0 heterocycles. The Morgan fingerprint density at radius 2 is 0.939 bits per heavy atom. The molecule has 33 heavy (non-hydrogen) atoms. The number of aliphatic carboxylic acids is 4. The molecule has 11 heteroatoms. The molecule has 0 aromatic rings. The monoisotopic (exact) mass is 508 g/mol. The van der Waals surface area contributed by atoms with Gasteiger partial charge in [-0.2, -0.15) is 0 Å². The zero-order chi connectivity index (χ0) is 25.5. The van der Waals surface area contributed by atoms with Crippen LogP contribution in [-0.2, 0) is 50.4 Å². The third-order valence-corrected chi connectivity index (χ3v) is 4.73. The Balaban J connectivity index is -0.000000529. The first kappa shape index (κ1) is 36.1. The summed E-state index contributed by atoms with van der Waals surface area (Å²) in [6, 6.07) is 0. The second-order valence-electron chi connectivity index (χ2n) is 8.05. The SMILES string of the molecule is CCC(CCCC(=O)[O-])(OC(C)C)C(=O)[O-].CCC(CCCC(=O)[O-])(OC(C)C)C(=O)[O-].[Ti+4]. The number of carbonyl (C=O) groups excluding carboxylic acids is 4. The van der Waals surface area contributed by atoms with Crippen LogP contribution in [-0.4, -0.2) is 47.3 Å². The fourth-order valence-corrected chi connectivity index (χ4v) is 3.17. The molecule has 0 rings (SSSR count). The Bertz CT molecular complexity index is 556. The third kappa shape index (κ3) is 15.1. The first-order chi connectivity index (χ1) is 14.7. The van der Waals surface area contributed by atoms with Gasteiger partial charge in [-0.15, -0.1) is 0 Å². The minimum absolute atomic E-state index is 0. The van der Waals surface area contributed by atoms with Gasteiger partial charge < -0.3 is 49.1 Å². The molecule has 0 N–H and O–H groups in total. The molecule has 0 aromatic heterocycles. The normalized spacial score (nSPS) is 14.3. The van der Waals surface area contributed by atoms with Gasteiger partial charge in [0.1, 0.15) is 11.2 Å². The van der Waals surface area contributed by atoms with E-state index in [1.165, 1.54) is 0 Å². The van der Waals surface area contributed by atoms with Crippen LogP contribution < -0.4 is 20.4 Å². The molecule has 0 aromatic carbocycles. The van der Waals surface area contributed by atoms with Crippen molar-refractivity contribution in [2.75, 3.05) is 0 Å². The van der Waals surface area contributed by atoms with Crippen LogP contribution in [0.1, 0.15) is 92.9 Å². The maximum absolute atomic E-state index is 11.1. The summed E-state index contributed by atoms with van der Waals surface area (Å²) in [5.74, 6) is -4.95. The van der Waals surface area contributed by atoms with Gasteiger partial charge in [0.2, 0.25) is 0 Å². The van der Waals surface area contributed by atoms with Gasteiger partial charge in [0, 0.05) is 11.9 Å². The van der Waals surface area contributed by atoms with Crippen molar-refractivity contribution in [3.63, 3.8) is 0 Å². The van der Waals surface area contributed by atoms with E-state index in [4.69, 9.17) is 9.47 Å². The van der Waals surface area contributed by atoms with Gasteiger partial charge >= 0.3 is 21.7 Å². The van der Waals surface area contributed by atoms with Crippen LogP contribution in [0.3, 0.4) is 0 Å². The summed E-state index contributed by atoms with van der Waals surface area (Å²) in [6.45, 7) is 10.3. The molecule has 0 aliphatic heterocycles. The zero-order valence-electron chi connectivity index (χ0n) is 20.4. The Morgan fingerprint density at radius 1 is 0.667 bits per heavy atom. The number of hydrogen-bond donors (Lipinski definition) is 0.